The molecule has 7 heteroatoms. The summed E-state index contributed by atoms with van der Waals surface area (Å²) in [6.45, 7) is 5.57. The molecule has 0 fully saturated rings. The molecule has 0 aliphatic heterocycles. The topological polar surface area (TPSA) is 85.9 Å². The smallest absolute Gasteiger partial charge is 0.310 e. The van der Waals surface area contributed by atoms with E-state index in [2.05, 4.69) is 29.1 Å². The number of pyridine rings is 1. The van der Waals surface area contributed by atoms with E-state index in [4.69, 9.17) is 0 Å². The first-order chi connectivity index (χ1) is 9.58. The molecule has 2 rings (SSSR count). The van der Waals surface area contributed by atoms with Gasteiger partial charge in [0.15, 0.2) is 0 Å². The van der Waals surface area contributed by atoms with Crippen LogP contribution in [-0.2, 0) is 13.1 Å². The second-order valence-corrected chi connectivity index (χ2v) is 4.89. The average Bonchev–Trinajstić information content (AvgIpc) is 2.83. The Morgan fingerprint density at radius 3 is 2.95 bits per heavy atom. The molecule has 0 saturated carbocycles. The lowest BCUT2D eigenvalue weighted by Gasteiger charge is -2.11. The summed E-state index contributed by atoms with van der Waals surface area (Å²) in [5, 5.41) is 13.9. The van der Waals surface area contributed by atoms with Crippen molar-refractivity contribution in [2.75, 3.05) is 5.32 Å². The molecule has 7 nitrogen and oxygen atoms in total. The van der Waals surface area contributed by atoms with Crippen LogP contribution in [0.5, 0.6) is 0 Å². The van der Waals surface area contributed by atoms with E-state index < -0.39 is 4.92 Å². The molecule has 0 amide bonds. The molecule has 2 aromatic heterocycles. The summed E-state index contributed by atoms with van der Waals surface area (Å²) in [4.78, 5) is 18.5. The molecule has 0 saturated heterocycles. The van der Waals surface area contributed by atoms with Gasteiger partial charge in [0.05, 0.1) is 11.5 Å². The molecule has 20 heavy (non-hydrogen) atoms. The molecule has 0 aliphatic rings. The number of imidazole rings is 1. The molecule has 2 aromatic rings. The molecule has 0 aliphatic carbocycles. The first kappa shape index (κ1) is 14.0. The highest BCUT2D eigenvalue weighted by Gasteiger charge is 2.13. The van der Waals surface area contributed by atoms with Gasteiger partial charge in [0, 0.05) is 25.1 Å². The fourth-order valence-corrected chi connectivity index (χ4v) is 1.92. The van der Waals surface area contributed by atoms with Crippen molar-refractivity contribution < 1.29 is 4.92 Å². The van der Waals surface area contributed by atoms with Crippen LogP contribution in [0.15, 0.2) is 30.9 Å². The second kappa shape index (κ2) is 6.14. The number of rotatable bonds is 6. The van der Waals surface area contributed by atoms with Gasteiger partial charge in [-0.25, -0.2) is 4.98 Å². The van der Waals surface area contributed by atoms with Gasteiger partial charge in [-0.15, -0.1) is 0 Å². The third kappa shape index (κ3) is 3.31. The zero-order valence-electron chi connectivity index (χ0n) is 11.5. The lowest BCUT2D eigenvalue weighted by molar-refractivity contribution is -0.384. The predicted molar refractivity (Wildman–Crippen MR) is 75.3 cm³/mol. The van der Waals surface area contributed by atoms with Gasteiger partial charge >= 0.3 is 5.69 Å². The third-order valence-electron chi connectivity index (χ3n) is 2.80. The maximum Gasteiger partial charge on any atom is 0.310 e. The summed E-state index contributed by atoms with van der Waals surface area (Å²) >= 11 is 0. The predicted octanol–water partition coefficient (Wildman–Crippen LogP) is 2.45. The molecule has 0 spiro atoms. The van der Waals surface area contributed by atoms with Crippen LogP contribution >= 0.6 is 0 Å². The number of nitro groups is 1. The highest BCUT2D eigenvalue weighted by molar-refractivity contribution is 5.59. The number of nitrogens with zero attached hydrogens (tertiary/aromatic N) is 4. The molecule has 0 bridgehead atoms. The first-order valence-corrected chi connectivity index (χ1v) is 6.40. The molecule has 0 radical (unpaired) electrons. The zero-order chi connectivity index (χ0) is 14.5. The van der Waals surface area contributed by atoms with Crippen molar-refractivity contribution in [1.82, 2.24) is 14.5 Å². The average molecular weight is 275 g/mol. The molecular weight excluding hydrogens is 258 g/mol. The van der Waals surface area contributed by atoms with Crippen molar-refractivity contribution in [3.8, 4) is 0 Å². The van der Waals surface area contributed by atoms with Crippen LogP contribution in [0.2, 0.25) is 0 Å². The monoisotopic (exact) mass is 275 g/mol. The summed E-state index contributed by atoms with van der Waals surface area (Å²) in [6, 6.07) is 1.59. The Hall–Kier alpha value is -2.44. The number of anilines is 1. The van der Waals surface area contributed by atoms with E-state index in [1.54, 1.807) is 12.3 Å². The Balaban J connectivity index is 2.10. The van der Waals surface area contributed by atoms with E-state index in [0.717, 1.165) is 12.4 Å². The van der Waals surface area contributed by atoms with Gasteiger partial charge in [0.25, 0.3) is 0 Å². The van der Waals surface area contributed by atoms with Crippen LogP contribution in [0.4, 0.5) is 11.4 Å². The van der Waals surface area contributed by atoms with Crippen LogP contribution in [0, 0.1) is 16.0 Å². The zero-order valence-corrected chi connectivity index (χ0v) is 11.5. The van der Waals surface area contributed by atoms with Crippen molar-refractivity contribution in [2.24, 2.45) is 5.92 Å². The van der Waals surface area contributed by atoms with E-state index in [1.807, 2.05) is 10.8 Å². The van der Waals surface area contributed by atoms with E-state index in [-0.39, 0.29) is 5.69 Å². The third-order valence-corrected chi connectivity index (χ3v) is 2.80. The summed E-state index contributed by atoms with van der Waals surface area (Å²) in [5.41, 5.74) is 0.415. The van der Waals surface area contributed by atoms with Gasteiger partial charge in [-0.2, -0.15) is 0 Å². The fraction of sp³-hybridized carbons (Fsp3) is 0.385. The quantitative estimate of drug-likeness (QED) is 0.646. The molecule has 2 heterocycles. The van der Waals surface area contributed by atoms with E-state index in [0.29, 0.717) is 18.2 Å². The Morgan fingerprint density at radius 2 is 2.25 bits per heavy atom. The molecule has 0 unspecified atom stereocenters. The van der Waals surface area contributed by atoms with Crippen LogP contribution < -0.4 is 5.32 Å². The van der Waals surface area contributed by atoms with Crippen LogP contribution in [0.3, 0.4) is 0 Å². The number of hydrogen-bond donors (Lipinski definition) is 1. The summed E-state index contributed by atoms with van der Waals surface area (Å²) < 4.78 is 2.05. The normalized spacial score (nSPS) is 10.8. The maximum absolute atomic E-state index is 10.9. The molecule has 0 atom stereocenters. The number of aromatic nitrogens is 3. The van der Waals surface area contributed by atoms with Crippen LogP contribution in [0.25, 0.3) is 0 Å². The van der Waals surface area contributed by atoms with Crippen molar-refractivity contribution in [1.29, 1.82) is 0 Å². The van der Waals surface area contributed by atoms with E-state index in [9.17, 15) is 10.1 Å². The van der Waals surface area contributed by atoms with Crippen LogP contribution in [0.1, 0.15) is 19.7 Å². The number of hydrogen-bond acceptors (Lipinski definition) is 5. The maximum atomic E-state index is 10.9. The second-order valence-electron chi connectivity index (χ2n) is 4.89. The minimum absolute atomic E-state index is 0.0329. The minimum Gasteiger partial charge on any atom is -0.372 e. The lowest BCUT2D eigenvalue weighted by Crippen LogP contribution is -2.12. The van der Waals surface area contributed by atoms with Gasteiger partial charge in [-0.05, 0) is 12.0 Å². The van der Waals surface area contributed by atoms with Crippen LogP contribution in [-0.4, -0.2) is 19.5 Å². The Morgan fingerprint density at radius 1 is 1.45 bits per heavy atom. The molecule has 106 valence electrons. The standard InChI is InChI=1S/C13H17N5O2/c1-10(2)9-17-6-5-15-13(17)8-16-11-3-4-14-7-12(11)18(19)20/h3-7,10H,8-9H2,1-2H3,(H,14,16). The Labute approximate surface area is 116 Å². The van der Waals surface area contributed by atoms with Gasteiger partial charge in [-0.3, -0.25) is 15.1 Å². The van der Waals surface area contributed by atoms with Crippen molar-refractivity contribution in [3.63, 3.8) is 0 Å². The van der Waals surface area contributed by atoms with E-state index in [1.165, 1.54) is 12.4 Å². The molecule has 1 N–H and O–H groups in total. The fourth-order valence-electron chi connectivity index (χ4n) is 1.92. The van der Waals surface area contributed by atoms with Gasteiger partial charge in [0.1, 0.15) is 17.7 Å². The molecular formula is C13H17N5O2. The van der Waals surface area contributed by atoms with Gasteiger partial charge in [-0.1, -0.05) is 13.8 Å². The van der Waals surface area contributed by atoms with Crippen molar-refractivity contribution >= 4 is 11.4 Å². The lowest BCUT2D eigenvalue weighted by atomic mass is 10.2. The van der Waals surface area contributed by atoms with Gasteiger partial charge in [0.2, 0.25) is 0 Å². The summed E-state index contributed by atoms with van der Waals surface area (Å²) in [7, 11) is 0. The Kier molecular flexibility index (Phi) is 4.29. The minimum atomic E-state index is -0.448. The Bertz CT molecular complexity index is 594. The van der Waals surface area contributed by atoms with Gasteiger partial charge < -0.3 is 9.88 Å². The largest absolute Gasteiger partial charge is 0.372 e. The molecule has 0 aromatic carbocycles. The first-order valence-electron chi connectivity index (χ1n) is 6.40. The SMILES string of the molecule is CC(C)Cn1ccnc1CNc1ccncc1[N+](=O)[O-]. The van der Waals surface area contributed by atoms with Crippen molar-refractivity contribution in [3.05, 3.63) is 46.8 Å². The van der Waals surface area contributed by atoms with Crippen molar-refractivity contribution in [2.45, 2.75) is 26.9 Å². The van der Waals surface area contributed by atoms with E-state index >= 15 is 0 Å². The highest BCUT2D eigenvalue weighted by Crippen LogP contribution is 2.22. The highest BCUT2D eigenvalue weighted by atomic mass is 16.6. The number of nitrogens with one attached hydrogen (secondary N) is 1. The summed E-state index contributed by atoms with van der Waals surface area (Å²) in [6.07, 6.45) is 6.41. The summed E-state index contributed by atoms with van der Waals surface area (Å²) in [5.74, 6) is 1.36.